The Kier molecular flexibility index (Phi) is 4.39. The summed E-state index contributed by atoms with van der Waals surface area (Å²) in [5.74, 6) is -0.258. The fraction of sp³-hybridized carbons (Fsp3) is 0.500. The summed E-state index contributed by atoms with van der Waals surface area (Å²) >= 11 is 0. The van der Waals surface area contributed by atoms with Crippen LogP contribution < -0.4 is 0 Å². The summed E-state index contributed by atoms with van der Waals surface area (Å²) < 4.78 is 0. The molecule has 2 aliphatic heterocycles. The molecular weight excluding hydrogens is 262 g/mol. The van der Waals surface area contributed by atoms with Crippen molar-refractivity contribution in [2.45, 2.75) is 44.2 Å². The molecule has 3 rings (SSSR count). The Hall–Kier alpha value is -1.61. The minimum Gasteiger partial charge on any atom is -0.481 e. The molecule has 3 nitrogen and oxygen atoms in total. The first-order chi connectivity index (χ1) is 10.2. The molecule has 1 aromatic rings. The van der Waals surface area contributed by atoms with Crippen molar-refractivity contribution in [1.82, 2.24) is 4.90 Å². The van der Waals surface area contributed by atoms with Gasteiger partial charge in [0.2, 0.25) is 0 Å². The molecule has 0 aliphatic carbocycles. The van der Waals surface area contributed by atoms with Crippen LogP contribution in [0.2, 0.25) is 0 Å². The highest BCUT2D eigenvalue weighted by atomic mass is 16.4. The van der Waals surface area contributed by atoms with Crippen molar-refractivity contribution < 1.29 is 9.90 Å². The number of benzene rings is 1. The summed E-state index contributed by atoms with van der Waals surface area (Å²) in [5.41, 5.74) is 1.24. The molecular formula is C18H23NO2. The molecule has 0 radical (unpaired) electrons. The van der Waals surface area contributed by atoms with Crippen LogP contribution in [0.3, 0.4) is 0 Å². The highest BCUT2D eigenvalue weighted by Gasteiger charge is 2.40. The first-order valence-electron chi connectivity index (χ1n) is 7.91. The number of carboxylic acids is 1. The molecule has 1 aromatic carbocycles. The highest BCUT2D eigenvalue weighted by Crippen LogP contribution is 2.39. The van der Waals surface area contributed by atoms with E-state index in [0.717, 1.165) is 19.4 Å². The molecule has 2 atom stereocenters. The number of carbonyl (C=O) groups is 1. The van der Waals surface area contributed by atoms with Gasteiger partial charge in [0.25, 0.3) is 0 Å². The monoisotopic (exact) mass is 285 g/mol. The number of hydrogen-bond acceptors (Lipinski definition) is 2. The van der Waals surface area contributed by atoms with Gasteiger partial charge in [-0.05, 0) is 37.2 Å². The van der Waals surface area contributed by atoms with Crippen molar-refractivity contribution >= 4 is 12.0 Å². The molecule has 3 heteroatoms. The second kappa shape index (κ2) is 6.44. The standard InChI is InChI=1S/C18H23NO2/c20-18(21)13-15-11-16-8-9-17(12-15)19(16)10-4-7-14-5-2-1-3-6-14/h1-7,15-17H,8-13H2,(H,20,21). The minimum atomic E-state index is -0.642. The van der Waals surface area contributed by atoms with E-state index in [4.69, 9.17) is 5.11 Å². The third-order valence-electron chi connectivity index (χ3n) is 4.87. The molecule has 21 heavy (non-hydrogen) atoms. The van der Waals surface area contributed by atoms with Crippen molar-refractivity contribution in [2.24, 2.45) is 5.92 Å². The lowest BCUT2D eigenvalue weighted by Gasteiger charge is -2.38. The molecule has 112 valence electrons. The maximum Gasteiger partial charge on any atom is 0.303 e. The number of rotatable bonds is 5. The predicted molar refractivity (Wildman–Crippen MR) is 84.0 cm³/mol. The third-order valence-corrected chi connectivity index (χ3v) is 4.87. The fourth-order valence-corrected chi connectivity index (χ4v) is 3.97. The van der Waals surface area contributed by atoms with E-state index >= 15 is 0 Å². The molecule has 2 aliphatic rings. The number of hydrogen-bond donors (Lipinski definition) is 1. The Balaban J connectivity index is 1.56. The van der Waals surface area contributed by atoms with E-state index in [1.54, 1.807) is 0 Å². The van der Waals surface area contributed by atoms with Gasteiger partial charge in [-0.3, -0.25) is 9.69 Å². The summed E-state index contributed by atoms with van der Waals surface area (Å²) in [6.45, 7) is 0.990. The van der Waals surface area contributed by atoms with E-state index in [0.29, 0.717) is 24.4 Å². The summed E-state index contributed by atoms with van der Waals surface area (Å²) in [6.07, 6.45) is 9.37. The number of nitrogens with zero attached hydrogens (tertiary/aromatic N) is 1. The van der Waals surface area contributed by atoms with Crippen molar-refractivity contribution in [1.29, 1.82) is 0 Å². The molecule has 0 saturated carbocycles. The predicted octanol–water partition coefficient (Wildman–Crippen LogP) is 3.42. The smallest absolute Gasteiger partial charge is 0.303 e. The summed E-state index contributed by atoms with van der Waals surface area (Å²) in [5, 5.41) is 8.97. The van der Waals surface area contributed by atoms with Gasteiger partial charge >= 0.3 is 5.97 Å². The quantitative estimate of drug-likeness (QED) is 0.901. The third kappa shape index (κ3) is 3.53. The Labute approximate surface area is 126 Å². The fourth-order valence-electron chi connectivity index (χ4n) is 3.97. The van der Waals surface area contributed by atoms with Crippen LogP contribution in [0, 0.1) is 5.92 Å². The summed E-state index contributed by atoms with van der Waals surface area (Å²) in [4.78, 5) is 13.5. The topological polar surface area (TPSA) is 40.5 Å². The van der Waals surface area contributed by atoms with Crippen molar-refractivity contribution in [3.63, 3.8) is 0 Å². The maximum absolute atomic E-state index is 10.9. The Morgan fingerprint density at radius 1 is 1.19 bits per heavy atom. The number of aliphatic carboxylic acids is 1. The molecule has 0 aromatic heterocycles. The Bertz CT molecular complexity index is 497. The number of piperidine rings is 1. The lowest BCUT2D eigenvalue weighted by Crippen LogP contribution is -2.43. The number of fused-ring (bicyclic) bond motifs is 2. The van der Waals surface area contributed by atoms with Crippen LogP contribution in [-0.2, 0) is 4.79 Å². The Morgan fingerprint density at radius 3 is 2.48 bits per heavy atom. The number of carboxylic acid groups (broad SMARTS) is 1. The molecule has 2 fully saturated rings. The molecule has 1 N–H and O–H groups in total. The molecule has 2 heterocycles. The van der Waals surface area contributed by atoms with Crippen molar-refractivity contribution in [2.75, 3.05) is 6.54 Å². The Morgan fingerprint density at radius 2 is 1.86 bits per heavy atom. The average molecular weight is 285 g/mol. The highest BCUT2D eigenvalue weighted by molar-refractivity contribution is 5.67. The van der Waals surface area contributed by atoms with E-state index in [1.807, 2.05) is 6.07 Å². The second-order valence-corrected chi connectivity index (χ2v) is 6.33. The van der Waals surface area contributed by atoms with Gasteiger partial charge in [0.05, 0.1) is 0 Å². The summed E-state index contributed by atoms with van der Waals surface area (Å²) in [7, 11) is 0. The van der Waals surface area contributed by atoms with E-state index in [-0.39, 0.29) is 0 Å². The van der Waals surface area contributed by atoms with Crippen LogP contribution in [-0.4, -0.2) is 34.6 Å². The maximum atomic E-state index is 10.9. The molecule has 2 bridgehead atoms. The van der Waals surface area contributed by atoms with Gasteiger partial charge in [0.15, 0.2) is 0 Å². The van der Waals surface area contributed by atoms with Gasteiger partial charge in [-0.2, -0.15) is 0 Å². The van der Waals surface area contributed by atoms with Gasteiger partial charge in [-0.15, -0.1) is 0 Å². The second-order valence-electron chi connectivity index (χ2n) is 6.33. The van der Waals surface area contributed by atoms with Crippen LogP contribution in [0.5, 0.6) is 0 Å². The van der Waals surface area contributed by atoms with E-state index in [1.165, 1.54) is 18.4 Å². The first kappa shape index (κ1) is 14.3. The first-order valence-corrected chi connectivity index (χ1v) is 7.91. The van der Waals surface area contributed by atoms with Gasteiger partial charge in [0.1, 0.15) is 0 Å². The van der Waals surface area contributed by atoms with Crippen molar-refractivity contribution in [3.05, 3.63) is 42.0 Å². The van der Waals surface area contributed by atoms with E-state index < -0.39 is 5.97 Å². The zero-order chi connectivity index (χ0) is 14.7. The molecule has 2 unspecified atom stereocenters. The van der Waals surface area contributed by atoms with Crippen LogP contribution in [0.25, 0.3) is 6.08 Å². The summed E-state index contributed by atoms with van der Waals surface area (Å²) in [6, 6.07) is 11.6. The van der Waals surface area contributed by atoms with E-state index in [2.05, 4.69) is 41.3 Å². The minimum absolute atomic E-state index is 0.348. The van der Waals surface area contributed by atoms with Crippen LogP contribution in [0.4, 0.5) is 0 Å². The molecule has 2 saturated heterocycles. The van der Waals surface area contributed by atoms with Crippen LogP contribution >= 0.6 is 0 Å². The molecule has 0 amide bonds. The zero-order valence-electron chi connectivity index (χ0n) is 12.3. The van der Waals surface area contributed by atoms with E-state index in [9.17, 15) is 4.79 Å². The normalized spacial score (nSPS) is 29.0. The van der Waals surface area contributed by atoms with Gasteiger partial charge < -0.3 is 5.11 Å². The van der Waals surface area contributed by atoms with Gasteiger partial charge in [-0.1, -0.05) is 42.5 Å². The lowest BCUT2D eigenvalue weighted by atomic mass is 9.88. The molecule has 0 spiro atoms. The largest absolute Gasteiger partial charge is 0.481 e. The van der Waals surface area contributed by atoms with Crippen LogP contribution in [0.1, 0.15) is 37.7 Å². The van der Waals surface area contributed by atoms with Gasteiger partial charge in [-0.25, -0.2) is 0 Å². The average Bonchev–Trinajstić information content (AvgIpc) is 2.70. The van der Waals surface area contributed by atoms with Crippen molar-refractivity contribution in [3.8, 4) is 0 Å². The van der Waals surface area contributed by atoms with Crippen LogP contribution in [0.15, 0.2) is 36.4 Å². The lowest BCUT2D eigenvalue weighted by molar-refractivity contribution is -0.138. The van der Waals surface area contributed by atoms with Gasteiger partial charge in [0, 0.05) is 25.0 Å². The zero-order valence-corrected chi connectivity index (χ0v) is 12.3. The SMILES string of the molecule is O=C(O)CC1CC2CCC(C1)N2CC=Cc1ccccc1.